The number of rotatable bonds is 6. The lowest BCUT2D eigenvalue weighted by atomic mass is 10.1. The summed E-state index contributed by atoms with van der Waals surface area (Å²) in [6, 6.07) is 9.68. The molecule has 1 atom stereocenters. The van der Waals surface area contributed by atoms with Gasteiger partial charge >= 0.3 is 5.97 Å². The van der Waals surface area contributed by atoms with Crippen molar-refractivity contribution in [3.8, 4) is 0 Å². The van der Waals surface area contributed by atoms with E-state index in [9.17, 15) is 18.0 Å². The fourth-order valence-electron chi connectivity index (χ4n) is 2.50. The Balaban J connectivity index is 2.16. The van der Waals surface area contributed by atoms with E-state index in [-0.39, 0.29) is 10.5 Å². The van der Waals surface area contributed by atoms with Crippen LogP contribution < -0.4 is 5.32 Å². The van der Waals surface area contributed by atoms with Gasteiger partial charge in [0.25, 0.3) is 5.91 Å². The standard InChI is InChI=1S/C20H23BrN2O5S/c1-12-6-9-17(13(2)10-12)22-19(24)14(3)28-20(25)15-7-8-16(21)18(11-15)29(26,27)23(4)5/h6-11,14H,1-5H3,(H,22,24). The van der Waals surface area contributed by atoms with E-state index < -0.39 is 28.0 Å². The molecule has 0 aliphatic rings. The van der Waals surface area contributed by atoms with Crippen LogP contribution >= 0.6 is 15.9 Å². The van der Waals surface area contributed by atoms with Crippen molar-refractivity contribution in [1.82, 2.24) is 4.31 Å². The Hall–Kier alpha value is -2.23. The van der Waals surface area contributed by atoms with Gasteiger partial charge in [0.1, 0.15) is 0 Å². The maximum absolute atomic E-state index is 12.5. The molecule has 1 N–H and O–H groups in total. The van der Waals surface area contributed by atoms with Crippen molar-refractivity contribution < 1.29 is 22.7 Å². The molecule has 0 radical (unpaired) electrons. The van der Waals surface area contributed by atoms with Gasteiger partial charge in [-0.1, -0.05) is 17.7 Å². The van der Waals surface area contributed by atoms with Crippen LogP contribution in [0.3, 0.4) is 0 Å². The van der Waals surface area contributed by atoms with E-state index in [1.54, 1.807) is 6.07 Å². The van der Waals surface area contributed by atoms with Gasteiger partial charge in [-0.3, -0.25) is 4.79 Å². The molecule has 2 aromatic carbocycles. The van der Waals surface area contributed by atoms with Crippen LogP contribution in [-0.2, 0) is 19.6 Å². The zero-order chi connectivity index (χ0) is 21.9. The molecule has 29 heavy (non-hydrogen) atoms. The maximum atomic E-state index is 12.5. The van der Waals surface area contributed by atoms with Crippen molar-refractivity contribution in [3.63, 3.8) is 0 Å². The number of hydrogen-bond donors (Lipinski definition) is 1. The minimum atomic E-state index is -3.76. The summed E-state index contributed by atoms with van der Waals surface area (Å²) < 4.78 is 31.4. The molecule has 0 saturated heterocycles. The molecular weight excluding hydrogens is 460 g/mol. The lowest BCUT2D eigenvalue weighted by molar-refractivity contribution is -0.123. The van der Waals surface area contributed by atoms with Crippen molar-refractivity contribution in [3.05, 3.63) is 57.6 Å². The molecule has 0 fully saturated rings. The molecule has 1 unspecified atom stereocenters. The van der Waals surface area contributed by atoms with E-state index in [1.165, 1.54) is 39.2 Å². The molecule has 0 heterocycles. The minimum absolute atomic E-state index is 0.0276. The highest BCUT2D eigenvalue weighted by Gasteiger charge is 2.24. The van der Waals surface area contributed by atoms with Crippen LogP contribution in [0.4, 0.5) is 5.69 Å². The molecule has 9 heteroatoms. The van der Waals surface area contributed by atoms with Crippen LogP contribution in [0.25, 0.3) is 0 Å². The first-order valence-corrected chi connectivity index (χ1v) is 11.0. The van der Waals surface area contributed by atoms with Crippen LogP contribution in [0.15, 0.2) is 45.8 Å². The number of carbonyl (C=O) groups excluding carboxylic acids is 2. The number of nitrogens with one attached hydrogen (secondary N) is 1. The number of hydrogen-bond acceptors (Lipinski definition) is 5. The fraction of sp³-hybridized carbons (Fsp3) is 0.300. The lowest BCUT2D eigenvalue weighted by Gasteiger charge is -2.16. The van der Waals surface area contributed by atoms with E-state index in [4.69, 9.17) is 4.74 Å². The molecule has 1 amide bonds. The van der Waals surface area contributed by atoms with Crippen molar-refractivity contribution in [2.24, 2.45) is 0 Å². The number of carbonyl (C=O) groups is 2. The van der Waals surface area contributed by atoms with Gasteiger partial charge in [-0.15, -0.1) is 0 Å². The predicted molar refractivity (Wildman–Crippen MR) is 114 cm³/mol. The third-order valence-electron chi connectivity index (χ3n) is 4.22. The van der Waals surface area contributed by atoms with Crippen LogP contribution in [0.2, 0.25) is 0 Å². The van der Waals surface area contributed by atoms with Gasteiger partial charge in [0.2, 0.25) is 10.0 Å². The van der Waals surface area contributed by atoms with Crippen molar-refractivity contribution in [2.75, 3.05) is 19.4 Å². The Kier molecular flexibility index (Phi) is 7.20. The van der Waals surface area contributed by atoms with Crippen molar-refractivity contribution >= 4 is 43.5 Å². The summed E-state index contributed by atoms with van der Waals surface area (Å²) in [5.74, 6) is -1.28. The first-order valence-electron chi connectivity index (χ1n) is 8.74. The van der Waals surface area contributed by atoms with Gasteiger partial charge in [0.05, 0.1) is 10.5 Å². The number of ether oxygens (including phenoxy) is 1. The molecular formula is C20H23BrN2O5S. The molecule has 2 aromatic rings. The van der Waals surface area contributed by atoms with E-state index >= 15 is 0 Å². The highest BCUT2D eigenvalue weighted by atomic mass is 79.9. The first kappa shape index (κ1) is 23.1. The Morgan fingerprint density at radius 1 is 1.10 bits per heavy atom. The molecule has 0 bridgehead atoms. The molecule has 0 aliphatic carbocycles. The van der Waals surface area contributed by atoms with Crippen LogP contribution in [0, 0.1) is 13.8 Å². The monoisotopic (exact) mass is 482 g/mol. The maximum Gasteiger partial charge on any atom is 0.338 e. The average molecular weight is 483 g/mol. The Labute approximate surface area is 179 Å². The van der Waals surface area contributed by atoms with Gasteiger partial charge < -0.3 is 10.1 Å². The highest BCUT2D eigenvalue weighted by Crippen LogP contribution is 2.26. The summed E-state index contributed by atoms with van der Waals surface area (Å²) in [6.45, 7) is 5.27. The second-order valence-corrected chi connectivity index (χ2v) is 9.76. The zero-order valence-electron chi connectivity index (χ0n) is 16.8. The van der Waals surface area contributed by atoms with Crippen molar-refractivity contribution in [1.29, 1.82) is 0 Å². The van der Waals surface area contributed by atoms with Gasteiger partial charge in [0.15, 0.2) is 6.10 Å². The Morgan fingerprint density at radius 3 is 2.34 bits per heavy atom. The van der Waals surface area contributed by atoms with Crippen LogP contribution in [0.1, 0.15) is 28.4 Å². The SMILES string of the molecule is Cc1ccc(NC(=O)C(C)OC(=O)c2ccc(Br)c(S(=O)(=O)N(C)C)c2)c(C)c1. The smallest absolute Gasteiger partial charge is 0.338 e. The van der Waals surface area contributed by atoms with E-state index in [0.717, 1.165) is 15.4 Å². The van der Waals surface area contributed by atoms with Gasteiger partial charge in [0, 0.05) is 24.3 Å². The second kappa shape index (κ2) is 9.06. The van der Waals surface area contributed by atoms with Gasteiger partial charge in [-0.2, -0.15) is 0 Å². The first-order chi connectivity index (χ1) is 13.4. The fourth-order valence-corrected chi connectivity index (χ4v) is 4.34. The normalized spacial score (nSPS) is 12.5. The third kappa shape index (κ3) is 5.43. The third-order valence-corrected chi connectivity index (χ3v) is 7.03. The number of halogens is 1. The molecule has 156 valence electrons. The quantitative estimate of drug-likeness (QED) is 0.635. The van der Waals surface area contributed by atoms with E-state index in [0.29, 0.717) is 10.2 Å². The number of amides is 1. The number of anilines is 1. The molecule has 7 nitrogen and oxygen atoms in total. The number of aryl methyl sites for hydroxylation is 2. The highest BCUT2D eigenvalue weighted by molar-refractivity contribution is 9.10. The Morgan fingerprint density at radius 2 is 1.76 bits per heavy atom. The minimum Gasteiger partial charge on any atom is -0.449 e. The summed E-state index contributed by atoms with van der Waals surface area (Å²) in [6.07, 6.45) is -1.07. The topological polar surface area (TPSA) is 92.8 Å². The zero-order valence-corrected chi connectivity index (χ0v) is 19.2. The largest absolute Gasteiger partial charge is 0.449 e. The van der Waals surface area contributed by atoms with Crippen LogP contribution in [0.5, 0.6) is 0 Å². The number of nitrogens with zero attached hydrogens (tertiary/aromatic N) is 1. The molecule has 0 saturated carbocycles. The second-order valence-electron chi connectivity index (χ2n) is 6.79. The summed E-state index contributed by atoms with van der Waals surface area (Å²) in [5.41, 5.74) is 2.62. The van der Waals surface area contributed by atoms with Gasteiger partial charge in [-0.05, 0) is 66.5 Å². The Bertz CT molecular complexity index is 1050. The number of sulfonamides is 1. The number of benzene rings is 2. The summed E-state index contributed by atoms with van der Waals surface area (Å²) in [7, 11) is -0.968. The van der Waals surface area contributed by atoms with Gasteiger partial charge in [-0.25, -0.2) is 17.5 Å². The molecule has 0 spiro atoms. The predicted octanol–water partition coefficient (Wildman–Crippen LogP) is 3.50. The molecule has 2 rings (SSSR count). The lowest BCUT2D eigenvalue weighted by Crippen LogP contribution is -2.30. The summed E-state index contributed by atoms with van der Waals surface area (Å²) >= 11 is 3.18. The average Bonchev–Trinajstić information content (AvgIpc) is 2.63. The molecule has 0 aromatic heterocycles. The van der Waals surface area contributed by atoms with Crippen LogP contribution in [-0.4, -0.2) is 44.8 Å². The van der Waals surface area contributed by atoms with Crippen molar-refractivity contribution in [2.45, 2.75) is 31.8 Å². The van der Waals surface area contributed by atoms with E-state index in [1.807, 2.05) is 26.0 Å². The number of esters is 1. The molecule has 0 aliphatic heterocycles. The summed E-state index contributed by atoms with van der Waals surface area (Å²) in [4.78, 5) is 24.8. The van der Waals surface area contributed by atoms with E-state index in [2.05, 4.69) is 21.2 Å². The summed E-state index contributed by atoms with van der Waals surface area (Å²) in [5, 5.41) is 2.73.